The van der Waals surface area contributed by atoms with Gasteiger partial charge in [0.05, 0.1) is 27.2 Å². The van der Waals surface area contributed by atoms with Gasteiger partial charge in [0.25, 0.3) is 0 Å². The summed E-state index contributed by atoms with van der Waals surface area (Å²) in [7, 11) is 4.74. The van der Waals surface area contributed by atoms with Gasteiger partial charge in [0.15, 0.2) is 11.5 Å². The van der Waals surface area contributed by atoms with Gasteiger partial charge in [-0.15, -0.1) is 0 Å². The average Bonchev–Trinajstić information content (AvgIpc) is 3.18. The Bertz CT molecular complexity index is 897. The first-order chi connectivity index (χ1) is 14.5. The van der Waals surface area contributed by atoms with Crippen molar-refractivity contribution < 1.29 is 23.8 Å². The molecule has 0 spiro atoms. The molecule has 1 unspecified atom stereocenters. The molecule has 1 fully saturated rings. The fourth-order valence-corrected chi connectivity index (χ4v) is 3.67. The van der Waals surface area contributed by atoms with Crippen molar-refractivity contribution in [2.45, 2.75) is 19.9 Å². The Labute approximate surface area is 177 Å². The van der Waals surface area contributed by atoms with E-state index in [4.69, 9.17) is 14.2 Å². The van der Waals surface area contributed by atoms with Crippen molar-refractivity contribution >= 4 is 17.5 Å². The van der Waals surface area contributed by atoms with Crippen LogP contribution in [-0.2, 0) is 16.1 Å². The molecule has 30 heavy (non-hydrogen) atoms. The van der Waals surface area contributed by atoms with Gasteiger partial charge in [0, 0.05) is 37.8 Å². The van der Waals surface area contributed by atoms with E-state index in [2.05, 4.69) is 0 Å². The molecule has 1 heterocycles. The minimum atomic E-state index is -0.371. The molecule has 0 N–H and O–H groups in total. The lowest BCUT2D eigenvalue weighted by Crippen LogP contribution is -2.37. The molecule has 0 radical (unpaired) electrons. The summed E-state index contributed by atoms with van der Waals surface area (Å²) in [6, 6.07) is 13.0. The van der Waals surface area contributed by atoms with E-state index in [9.17, 15) is 9.59 Å². The Balaban J connectivity index is 1.71. The molecular weight excluding hydrogens is 384 g/mol. The predicted octanol–water partition coefficient (Wildman–Crippen LogP) is 3.11. The van der Waals surface area contributed by atoms with E-state index < -0.39 is 0 Å². The highest BCUT2D eigenvalue weighted by Gasteiger charge is 2.37. The lowest BCUT2D eigenvalue weighted by molar-refractivity contribution is -0.136. The first-order valence-corrected chi connectivity index (χ1v) is 9.94. The average molecular weight is 412 g/mol. The number of nitrogens with zero attached hydrogens (tertiary/aromatic N) is 2. The lowest BCUT2D eigenvalue weighted by Gasteiger charge is -2.24. The van der Waals surface area contributed by atoms with Crippen molar-refractivity contribution in [1.29, 1.82) is 0 Å². The molecule has 0 saturated carbocycles. The number of anilines is 1. The van der Waals surface area contributed by atoms with Crippen LogP contribution in [0.3, 0.4) is 0 Å². The third-order valence-corrected chi connectivity index (χ3v) is 5.38. The van der Waals surface area contributed by atoms with E-state index in [0.29, 0.717) is 36.8 Å². The number of benzene rings is 2. The summed E-state index contributed by atoms with van der Waals surface area (Å²) in [5.41, 5.74) is 1.72. The monoisotopic (exact) mass is 412 g/mol. The number of methoxy groups -OCH3 is 3. The molecule has 2 aromatic rings. The van der Waals surface area contributed by atoms with Gasteiger partial charge in [-0.2, -0.15) is 0 Å². The Hall–Kier alpha value is -3.22. The normalized spacial score (nSPS) is 15.8. The standard InChI is InChI=1S/C23H28N2O5/c1-5-24(14-16-6-9-19(28-2)10-7-16)23(27)17-12-22(26)25(15-17)18-8-11-20(29-3)21(13-18)30-4/h6-11,13,17H,5,12,14-15H2,1-4H3. The molecule has 0 bridgehead atoms. The maximum Gasteiger partial charge on any atom is 0.228 e. The number of ether oxygens (including phenoxy) is 3. The lowest BCUT2D eigenvalue weighted by atomic mass is 10.1. The quantitative estimate of drug-likeness (QED) is 0.666. The van der Waals surface area contributed by atoms with Crippen LogP contribution in [0.1, 0.15) is 18.9 Å². The van der Waals surface area contributed by atoms with Crippen LogP contribution in [0.2, 0.25) is 0 Å². The third-order valence-electron chi connectivity index (χ3n) is 5.38. The number of hydrogen-bond donors (Lipinski definition) is 0. The van der Waals surface area contributed by atoms with E-state index in [1.54, 1.807) is 49.3 Å². The number of rotatable bonds is 8. The largest absolute Gasteiger partial charge is 0.497 e. The fraction of sp³-hybridized carbons (Fsp3) is 0.391. The number of carbonyl (C=O) groups excluding carboxylic acids is 2. The molecule has 2 aromatic carbocycles. The molecule has 2 amide bonds. The van der Waals surface area contributed by atoms with Crippen molar-refractivity contribution in [3.8, 4) is 17.2 Å². The smallest absolute Gasteiger partial charge is 0.228 e. The minimum Gasteiger partial charge on any atom is -0.497 e. The SMILES string of the molecule is CCN(Cc1ccc(OC)cc1)C(=O)C1CC(=O)N(c2ccc(OC)c(OC)c2)C1. The molecule has 160 valence electrons. The van der Waals surface area contributed by atoms with E-state index in [0.717, 1.165) is 11.3 Å². The van der Waals surface area contributed by atoms with Crippen LogP contribution in [0.5, 0.6) is 17.2 Å². The summed E-state index contributed by atoms with van der Waals surface area (Å²) in [6.45, 7) is 3.38. The van der Waals surface area contributed by atoms with Crippen LogP contribution in [0.4, 0.5) is 5.69 Å². The highest BCUT2D eigenvalue weighted by atomic mass is 16.5. The van der Waals surface area contributed by atoms with Crippen molar-refractivity contribution in [3.63, 3.8) is 0 Å². The van der Waals surface area contributed by atoms with Crippen LogP contribution < -0.4 is 19.1 Å². The summed E-state index contributed by atoms with van der Waals surface area (Å²) in [5.74, 6) is 1.47. The summed E-state index contributed by atoms with van der Waals surface area (Å²) >= 11 is 0. The topological polar surface area (TPSA) is 68.3 Å². The van der Waals surface area contributed by atoms with E-state index in [-0.39, 0.29) is 24.2 Å². The van der Waals surface area contributed by atoms with Crippen molar-refractivity contribution in [1.82, 2.24) is 4.90 Å². The second-order valence-electron chi connectivity index (χ2n) is 7.15. The Kier molecular flexibility index (Phi) is 6.82. The van der Waals surface area contributed by atoms with Crippen molar-refractivity contribution in [2.24, 2.45) is 5.92 Å². The van der Waals surface area contributed by atoms with Gasteiger partial charge < -0.3 is 24.0 Å². The van der Waals surface area contributed by atoms with Gasteiger partial charge in [-0.05, 0) is 36.8 Å². The highest BCUT2D eigenvalue weighted by Crippen LogP contribution is 2.34. The second kappa shape index (κ2) is 9.52. The zero-order valence-corrected chi connectivity index (χ0v) is 17.9. The first kappa shape index (κ1) is 21.5. The Morgan fingerprint density at radius 1 is 1.03 bits per heavy atom. The zero-order valence-electron chi connectivity index (χ0n) is 17.9. The molecule has 7 nitrogen and oxygen atoms in total. The molecule has 0 aromatic heterocycles. The fourth-order valence-electron chi connectivity index (χ4n) is 3.67. The highest BCUT2D eigenvalue weighted by molar-refractivity contribution is 6.00. The van der Waals surface area contributed by atoms with Gasteiger partial charge in [-0.1, -0.05) is 12.1 Å². The van der Waals surface area contributed by atoms with Gasteiger partial charge in [-0.25, -0.2) is 0 Å². The first-order valence-electron chi connectivity index (χ1n) is 9.94. The zero-order chi connectivity index (χ0) is 21.7. The Morgan fingerprint density at radius 3 is 2.33 bits per heavy atom. The predicted molar refractivity (Wildman–Crippen MR) is 114 cm³/mol. The van der Waals surface area contributed by atoms with Crippen LogP contribution in [-0.4, -0.2) is 51.1 Å². The van der Waals surface area contributed by atoms with Crippen molar-refractivity contribution in [2.75, 3.05) is 39.3 Å². The third kappa shape index (κ3) is 4.50. The molecular formula is C23H28N2O5. The van der Waals surface area contributed by atoms with Crippen LogP contribution >= 0.6 is 0 Å². The van der Waals surface area contributed by atoms with Crippen molar-refractivity contribution in [3.05, 3.63) is 48.0 Å². The Morgan fingerprint density at radius 2 is 1.73 bits per heavy atom. The molecule has 1 aliphatic rings. The summed E-state index contributed by atoms with van der Waals surface area (Å²) < 4.78 is 15.8. The van der Waals surface area contributed by atoms with Gasteiger partial charge in [0.1, 0.15) is 5.75 Å². The summed E-state index contributed by atoms with van der Waals surface area (Å²) in [5, 5.41) is 0. The maximum absolute atomic E-state index is 13.1. The van der Waals surface area contributed by atoms with Gasteiger partial charge in [-0.3, -0.25) is 9.59 Å². The van der Waals surface area contributed by atoms with Crippen LogP contribution in [0.15, 0.2) is 42.5 Å². The van der Waals surface area contributed by atoms with Crippen LogP contribution in [0.25, 0.3) is 0 Å². The molecule has 1 aliphatic heterocycles. The number of carbonyl (C=O) groups is 2. The summed E-state index contributed by atoms with van der Waals surface area (Å²) in [4.78, 5) is 29.2. The summed E-state index contributed by atoms with van der Waals surface area (Å²) in [6.07, 6.45) is 0.201. The number of hydrogen-bond acceptors (Lipinski definition) is 5. The van der Waals surface area contributed by atoms with Crippen LogP contribution in [0, 0.1) is 5.92 Å². The van der Waals surface area contributed by atoms with E-state index in [1.165, 1.54) is 0 Å². The molecule has 3 rings (SSSR count). The van der Waals surface area contributed by atoms with E-state index >= 15 is 0 Å². The number of amides is 2. The molecule has 1 saturated heterocycles. The minimum absolute atomic E-state index is 0.00959. The molecule has 1 atom stereocenters. The molecule has 7 heteroatoms. The second-order valence-corrected chi connectivity index (χ2v) is 7.15. The van der Waals surface area contributed by atoms with E-state index in [1.807, 2.05) is 31.2 Å². The van der Waals surface area contributed by atoms with Gasteiger partial charge >= 0.3 is 0 Å². The maximum atomic E-state index is 13.1. The van der Waals surface area contributed by atoms with Gasteiger partial charge in [0.2, 0.25) is 11.8 Å². The molecule has 0 aliphatic carbocycles.